The van der Waals surface area contributed by atoms with Crippen molar-refractivity contribution < 1.29 is 13.9 Å². The zero-order valence-corrected chi connectivity index (χ0v) is 14.0. The topological polar surface area (TPSA) is 77.5 Å². The molecule has 0 aliphatic carbocycles. The average Bonchev–Trinajstić information content (AvgIpc) is 3.01. The van der Waals surface area contributed by atoms with Crippen molar-refractivity contribution in [2.24, 2.45) is 5.73 Å². The van der Waals surface area contributed by atoms with Crippen LogP contribution >= 0.6 is 12.4 Å². The third kappa shape index (κ3) is 5.96. The summed E-state index contributed by atoms with van der Waals surface area (Å²) in [7, 11) is 0. The van der Waals surface area contributed by atoms with Crippen molar-refractivity contribution in [2.45, 2.75) is 32.2 Å². The highest BCUT2D eigenvalue weighted by atomic mass is 35.5. The number of ether oxygens (including phenoxy) is 1. The quantitative estimate of drug-likeness (QED) is 0.768. The van der Waals surface area contributed by atoms with Crippen molar-refractivity contribution in [1.82, 2.24) is 5.32 Å². The van der Waals surface area contributed by atoms with Gasteiger partial charge in [-0.15, -0.1) is 12.4 Å². The molecule has 0 fully saturated rings. The molecule has 0 aliphatic rings. The molecule has 3 N–H and O–H groups in total. The van der Waals surface area contributed by atoms with Crippen LogP contribution in [0.1, 0.15) is 36.7 Å². The number of benzene rings is 1. The number of nitrogens with two attached hydrogens (primary N) is 1. The van der Waals surface area contributed by atoms with E-state index in [1.165, 1.54) is 0 Å². The lowest BCUT2D eigenvalue weighted by molar-refractivity contribution is 0.0902. The third-order valence-electron chi connectivity index (χ3n) is 3.29. The van der Waals surface area contributed by atoms with Crippen LogP contribution < -0.4 is 15.8 Å². The van der Waals surface area contributed by atoms with Crippen LogP contribution in [0.4, 0.5) is 0 Å². The Morgan fingerprint density at radius 3 is 2.65 bits per heavy atom. The number of para-hydroxylation sites is 1. The average molecular weight is 339 g/mol. The maximum Gasteiger partial charge on any atom is 0.290 e. The van der Waals surface area contributed by atoms with Gasteiger partial charge in [-0.2, -0.15) is 0 Å². The van der Waals surface area contributed by atoms with E-state index in [-0.39, 0.29) is 36.1 Å². The summed E-state index contributed by atoms with van der Waals surface area (Å²) in [5, 5.41) is 2.88. The normalized spacial score (nSPS) is 11.4. The van der Waals surface area contributed by atoms with E-state index < -0.39 is 0 Å². The molecule has 0 saturated heterocycles. The van der Waals surface area contributed by atoms with Crippen LogP contribution in [0, 0.1) is 0 Å². The van der Waals surface area contributed by atoms with Crippen molar-refractivity contribution in [3.05, 3.63) is 48.2 Å². The maximum atomic E-state index is 12.1. The summed E-state index contributed by atoms with van der Waals surface area (Å²) in [5.74, 6) is 0.899. The molecule has 23 heavy (non-hydrogen) atoms. The largest absolute Gasteiger partial charge is 0.426 e. The van der Waals surface area contributed by atoms with Gasteiger partial charge in [0.15, 0.2) is 5.76 Å². The Morgan fingerprint density at radius 2 is 2.00 bits per heavy atom. The summed E-state index contributed by atoms with van der Waals surface area (Å²) < 4.78 is 11.0. The summed E-state index contributed by atoms with van der Waals surface area (Å²) in [6, 6.07) is 12.5. The number of amides is 1. The lowest BCUT2D eigenvalue weighted by Gasteiger charge is -2.15. The molecular weight excluding hydrogens is 316 g/mol. The molecule has 0 saturated carbocycles. The molecule has 1 unspecified atom stereocenters. The van der Waals surface area contributed by atoms with Crippen molar-refractivity contribution in [3.8, 4) is 11.7 Å². The Morgan fingerprint density at radius 1 is 1.26 bits per heavy atom. The third-order valence-corrected chi connectivity index (χ3v) is 3.29. The van der Waals surface area contributed by atoms with E-state index in [4.69, 9.17) is 14.9 Å². The fraction of sp³-hybridized carbons (Fsp3) is 0.353. The zero-order chi connectivity index (χ0) is 15.8. The van der Waals surface area contributed by atoms with Crippen molar-refractivity contribution >= 4 is 18.3 Å². The minimum Gasteiger partial charge on any atom is -0.426 e. The Labute approximate surface area is 142 Å². The van der Waals surface area contributed by atoms with Crippen LogP contribution in [0.3, 0.4) is 0 Å². The molecule has 2 rings (SSSR count). The van der Waals surface area contributed by atoms with Crippen LogP contribution in [0.5, 0.6) is 11.7 Å². The molecule has 0 bridgehead atoms. The van der Waals surface area contributed by atoms with Crippen LogP contribution in [0.2, 0.25) is 0 Å². The molecule has 1 aromatic carbocycles. The maximum absolute atomic E-state index is 12.1. The van der Waals surface area contributed by atoms with Gasteiger partial charge < -0.3 is 20.2 Å². The summed E-state index contributed by atoms with van der Waals surface area (Å²) >= 11 is 0. The Hall–Kier alpha value is -1.98. The SMILES string of the molecule is CCCCC(CN)NC(=O)c1ccc(Oc2ccccc2)o1.Cl. The fourth-order valence-corrected chi connectivity index (χ4v) is 2.06. The van der Waals surface area contributed by atoms with Gasteiger partial charge in [-0.05, 0) is 24.6 Å². The number of halogens is 1. The molecule has 1 amide bonds. The first-order chi connectivity index (χ1) is 10.7. The van der Waals surface area contributed by atoms with Crippen molar-refractivity contribution in [3.63, 3.8) is 0 Å². The highest BCUT2D eigenvalue weighted by molar-refractivity contribution is 5.91. The first kappa shape index (κ1) is 19.1. The van der Waals surface area contributed by atoms with E-state index in [9.17, 15) is 4.79 Å². The molecule has 5 nitrogen and oxygen atoms in total. The number of hydrogen-bond acceptors (Lipinski definition) is 4. The van der Waals surface area contributed by atoms with Gasteiger partial charge in [0.1, 0.15) is 5.75 Å². The first-order valence-electron chi connectivity index (χ1n) is 7.56. The highest BCUT2D eigenvalue weighted by Crippen LogP contribution is 2.23. The zero-order valence-electron chi connectivity index (χ0n) is 13.2. The number of nitrogens with one attached hydrogen (secondary N) is 1. The summed E-state index contributed by atoms with van der Waals surface area (Å²) in [4.78, 5) is 12.1. The number of furan rings is 1. The predicted molar refractivity (Wildman–Crippen MR) is 92.3 cm³/mol. The standard InChI is InChI=1S/C17H22N2O3.ClH/c1-2-3-7-13(12-18)19-17(20)15-10-11-16(22-15)21-14-8-5-4-6-9-14;/h4-6,8-11,13H,2-3,7,12,18H2,1H3,(H,19,20);1H. The van der Waals surface area contributed by atoms with Gasteiger partial charge in [0.25, 0.3) is 11.9 Å². The molecule has 1 atom stereocenters. The van der Waals surface area contributed by atoms with E-state index in [1.807, 2.05) is 30.3 Å². The molecule has 0 spiro atoms. The van der Waals surface area contributed by atoms with Crippen LogP contribution in [-0.2, 0) is 0 Å². The molecular formula is C17H23ClN2O3. The summed E-state index contributed by atoms with van der Waals surface area (Å²) in [6.07, 6.45) is 2.97. The van der Waals surface area contributed by atoms with E-state index in [2.05, 4.69) is 12.2 Å². The minimum absolute atomic E-state index is 0. The lowest BCUT2D eigenvalue weighted by Crippen LogP contribution is -2.40. The van der Waals surface area contributed by atoms with Gasteiger partial charge in [0, 0.05) is 18.7 Å². The summed E-state index contributed by atoms with van der Waals surface area (Å²) in [5.41, 5.74) is 5.68. The van der Waals surface area contributed by atoms with E-state index in [0.717, 1.165) is 19.3 Å². The number of carbonyl (C=O) groups excluding carboxylic acids is 1. The second kappa shape index (κ2) is 9.92. The van der Waals surface area contributed by atoms with Gasteiger partial charge in [-0.1, -0.05) is 38.0 Å². The molecule has 0 aliphatic heterocycles. The Balaban J connectivity index is 0.00000264. The second-order valence-corrected chi connectivity index (χ2v) is 5.08. The monoisotopic (exact) mass is 338 g/mol. The van der Waals surface area contributed by atoms with Gasteiger partial charge in [-0.25, -0.2) is 0 Å². The number of unbranched alkanes of at least 4 members (excludes halogenated alkanes) is 1. The minimum atomic E-state index is -0.269. The van der Waals surface area contributed by atoms with E-state index >= 15 is 0 Å². The lowest BCUT2D eigenvalue weighted by atomic mass is 10.1. The first-order valence-corrected chi connectivity index (χ1v) is 7.56. The number of rotatable bonds is 8. The van der Waals surface area contributed by atoms with Crippen LogP contribution in [0.15, 0.2) is 46.9 Å². The predicted octanol–water partition coefficient (Wildman–Crippen LogP) is 3.74. The molecule has 1 aromatic heterocycles. The molecule has 0 radical (unpaired) electrons. The van der Waals surface area contributed by atoms with Crippen molar-refractivity contribution in [2.75, 3.05) is 6.54 Å². The molecule has 6 heteroatoms. The molecule has 126 valence electrons. The van der Waals surface area contributed by atoms with Gasteiger partial charge >= 0.3 is 0 Å². The number of carbonyl (C=O) groups is 1. The van der Waals surface area contributed by atoms with Crippen LogP contribution in [0.25, 0.3) is 0 Å². The molecule has 1 heterocycles. The van der Waals surface area contributed by atoms with Crippen molar-refractivity contribution in [1.29, 1.82) is 0 Å². The van der Waals surface area contributed by atoms with Gasteiger partial charge in [0.2, 0.25) is 0 Å². The van der Waals surface area contributed by atoms with Crippen LogP contribution in [-0.4, -0.2) is 18.5 Å². The molecule has 2 aromatic rings. The highest BCUT2D eigenvalue weighted by Gasteiger charge is 2.16. The van der Waals surface area contributed by atoms with Gasteiger partial charge in [0.05, 0.1) is 0 Å². The summed E-state index contributed by atoms with van der Waals surface area (Å²) in [6.45, 7) is 2.52. The van der Waals surface area contributed by atoms with E-state index in [0.29, 0.717) is 12.3 Å². The number of hydrogen-bond donors (Lipinski definition) is 2. The smallest absolute Gasteiger partial charge is 0.290 e. The Kier molecular flexibility index (Phi) is 8.22. The van der Waals surface area contributed by atoms with Gasteiger partial charge in [-0.3, -0.25) is 4.79 Å². The van der Waals surface area contributed by atoms with E-state index in [1.54, 1.807) is 12.1 Å². The fourth-order valence-electron chi connectivity index (χ4n) is 2.06. The second-order valence-electron chi connectivity index (χ2n) is 5.08. The Bertz CT molecular complexity index is 587.